The van der Waals surface area contributed by atoms with Crippen molar-refractivity contribution in [3.05, 3.63) is 64.7 Å². The highest BCUT2D eigenvalue weighted by Crippen LogP contribution is 2.39. The fourth-order valence-corrected chi connectivity index (χ4v) is 3.56. The molecule has 4 nitrogen and oxygen atoms in total. The summed E-state index contributed by atoms with van der Waals surface area (Å²) in [5, 5.41) is 13.4. The van der Waals surface area contributed by atoms with Crippen molar-refractivity contribution in [3.63, 3.8) is 0 Å². The van der Waals surface area contributed by atoms with Gasteiger partial charge in [0.2, 0.25) is 0 Å². The summed E-state index contributed by atoms with van der Waals surface area (Å²) in [7, 11) is 0. The third kappa shape index (κ3) is 2.18. The maximum absolute atomic E-state index is 12.6. The van der Waals surface area contributed by atoms with E-state index >= 15 is 0 Å². The standard InChI is InChI=1S/C19H17NO3/c21-17(14-9-8-12-4-3-5-13(12)10-14)11-19(23)15-6-1-2-7-16(15)20-18(19)22/h1-2,6-10,23H,3-5,11H2,(H,20,22)/t19-/m0/s1. The van der Waals surface area contributed by atoms with E-state index in [1.807, 2.05) is 12.1 Å². The summed E-state index contributed by atoms with van der Waals surface area (Å²) in [6.07, 6.45) is 2.93. The minimum absolute atomic E-state index is 0.214. The molecule has 2 aromatic carbocycles. The quantitative estimate of drug-likeness (QED) is 0.857. The SMILES string of the molecule is O=C(C[C@@]1(O)C(=O)Nc2ccccc21)c1ccc2c(c1)CCC2. The van der Waals surface area contributed by atoms with Gasteiger partial charge in [-0.1, -0.05) is 30.3 Å². The second kappa shape index (κ2) is 5.03. The van der Waals surface area contributed by atoms with Crippen molar-refractivity contribution in [2.75, 3.05) is 5.32 Å². The smallest absolute Gasteiger partial charge is 0.261 e. The molecule has 1 amide bonds. The van der Waals surface area contributed by atoms with Gasteiger partial charge in [0, 0.05) is 16.8 Å². The Balaban J connectivity index is 1.65. The number of aliphatic hydroxyl groups is 1. The van der Waals surface area contributed by atoms with Crippen LogP contribution in [0.5, 0.6) is 0 Å². The second-order valence-corrected chi connectivity index (χ2v) is 6.30. The molecular formula is C19H17NO3. The average Bonchev–Trinajstić information content (AvgIpc) is 3.11. The average molecular weight is 307 g/mol. The number of amides is 1. The Morgan fingerprint density at radius 3 is 2.78 bits per heavy atom. The number of aryl methyl sites for hydroxylation is 2. The molecule has 1 aliphatic heterocycles. The molecule has 23 heavy (non-hydrogen) atoms. The van der Waals surface area contributed by atoms with E-state index in [1.54, 1.807) is 30.3 Å². The zero-order valence-electron chi connectivity index (χ0n) is 12.6. The summed E-state index contributed by atoms with van der Waals surface area (Å²) in [4.78, 5) is 24.8. The number of para-hydroxylation sites is 1. The van der Waals surface area contributed by atoms with Crippen LogP contribution in [0.1, 0.15) is 39.9 Å². The highest BCUT2D eigenvalue weighted by Gasteiger charge is 2.46. The molecule has 0 saturated carbocycles. The summed E-state index contributed by atoms with van der Waals surface area (Å²) in [5.74, 6) is -0.748. The maximum atomic E-state index is 12.6. The van der Waals surface area contributed by atoms with Gasteiger partial charge in [0.05, 0.1) is 6.42 Å². The number of carbonyl (C=O) groups excluding carboxylic acids is 2. The van der Waals surface area contributed by atoms with Crippen molar-refractivity contribution < 1.29 is 14.7 Å². The topological polar surface area (TPSA) is 66.4 Å². The van der Waals surface area contributed by atoms with E-state index in [-0.39, 0.29) is 12.2 Å². The third-order valence-corrected chi connectivity index (χ3v) is 4.83. The van der Waals surface area contributed by atoms with Crippen molar-refractivity contribution in [1.82, 2.24) is 0 Å². The van der Waals surface area contributed by atoms with E-state index in [1.165, 1.54) is 11.1 Å². The van der Waals surface area contributed by atoms with E-state index in [9.17, 15) is 14.7 Å². The van der Waals surface area contributed by atoms with Crippen LogP contribution in [0.25, 0.3) is 0 Å². The van der Waals surface area contributed by atoms with Crippen molar-refractivity contribution in [2.24, 2.45) is 0 Å². The first-order valence-corrected chi connectivity index (χ1v) is 7.86. The zero-order chi connectivity index (χ0) is 16.0. The lowest BCUT2D eigenvalue weighted by atomic mass is 9.87. The molecule has 0 fully saturated rings. The minimum atomic E-state index is -1.79. The molecule has 1 heterocycles. The lowest BCUT2D eigenvalue weighted by molar-refractivity contribution is -0.133. The van der Waals surface area contributed by atoms with E-state index in [2.05, 4.69) is 5.32 Å². The van der Waals surface area contributed by atoms with Gasteiger partial charge in [0.1, 0.15) is 0 Å². The normalized spacial score (nSPS) is 21.7. The lowest BCUT2D eigenvalue weighted by Crippen LogP contribution is -2.36. The summed E-state index contributed by atoms with van der Waals surface area (Å²) >= 11 is 0. The zero-order valence-corrected chi connectivity index (χ0v) is 12.6. The van der Waals surface area contributed by atoms with Gasteiger partial charge in [-0.3, -0.25) is 9.59 Å². The number of nitrogens with one attached hydrogen (secondary N) is 1. The first-order valence-electron chi connectivity index (χ1n) is 7.86. The van der Waals surface area contributed by atoms with Crippen molar-refractivity contribution >= 4 is 17.4 Å². The fourth-order valence-electron chi connectivity index (χ4n) is 3.56. The number of fused-ring (bicyclic) bond motifs is 2. The van der Waals surface area contributed by atoms with Gasteiger partial charge in [0.15, 0.2) is 11.4 Å². The monoisotopic (exact) mass is 307 g/mol. The van der Waals surface area contributed by atoms with E-state index in [4.69, 9.17) is 0 Å². The van der Waals surface area contributed by atoms with Gasteiger partial charge in [0.25, 0.3) is 5.91 Å². The van der Waals surface area contributed by atoms with Gasteiger partial charge in [-0.15, -0.1) is 0 Å². The number of carbonyl (C=O) groups is 2. The van der Waals surface area contributed by atoms with Crippen LogP contribution in [0, 0.1) is 0 Å². The first kappa shape index (κ1) is 14.2. The predicted molar refractivity (Wildman–Crippen MR) is 86.4 cm³/mol. The molecule has 2 aliphatic rings. The van der Waals surface area contributed by atoms with Crippen molar-refractivity contribution in [2.45, 2.75) is 31.3 Å². The van der Waals surface area contributed by atoms with Crippen LogP contribution >= 0.6 is 0 Å². The summed E-state index contributed by atoms with van der Waals surface area (Å²) in [6, 6.07) is 12.6. The lowest BCUT2D eigenvalue weighted by Gasteiger charge is -2.20. The molecule has 0 spiro atoms. The number of rotatable bonds is 3. The number of anilines is 1. The highest BCUT2D eigenvalue weighted by atomic mass is 16.3. The van der Waals surface area contributed by atoms with Gasteiger partial charge in [-0.25, -0.2) is 0 Å². The number of hydrogen-bond acceptors (Lipinski definition) is 3. The molecule has 1 aliphatic carbocycles. The van der Waals surface area contributed by atoms with Crippen LogP contribution in [-0.2, 0) is 23.2 Å². The van der Waals surface area contributed by atoms with Gasteiger partial charge in [-0.2, -0.15) is 0 Å². The minimum Gasteiger partial charge on any atom is -0.375 e. The highest BCUT2D eigenvalue weighted by molar-refractivity contribution is 6.09. The summed E-state index contributed by atoms with van der Waals surface area (Å²) in [5.41, 5.74) is 2.33. The van der Waals surface area contributed by atoms with Crippen LogP contribution in [0.15, 0.2) is 42.5 Å². The molecule has 4 heteroatoms. The van der Waals surface area contributed by atoms with Crippen LogP contribution in [-0.4, -0.2) is 16.8 Å². The molecule has 2 aromatic rings. The van der Waals surface area contributed by atoms with E-state index < -0.39 is 11.5 Å². The number of benzene rings is 2. The van der Waals surface area contributed by atoms with Gasteiger partial charge < -0.3 is 10.4 Å². The van der Waals surface area contributed by atoms with E-state index in [0.717, 1.165) is 19.3 Å². The van der Waals surface area contributed by atoms with Crippen LogP contribution in [0.4, 0.5) is 5.69 Å². The van der Waals surface area contributed by atoms with Gasteiger partial charge in [-0.05, 0) is 42.5 Å². The fraction of sp³-hybridized carbons (Fsp3) is 0.263. The molecule has 1 atom stereocenters. The van der Waals surface area contributed by atoms with E-state index in [0.29, 0.717) is 16.8 Å². The van der Waals surface area contributed by atoms with Crippen molar-refractivity contribution in [1.29, 1.82) is 0 Å². The first-order chi connectivity index (χ1) is 11.1. The summed E-state index contributed by atoms with van der Waals surface area (Å²) in [6.45, 7) is 0. The Bertz CT molecular complexity index is 827. The Kier molecular flexibility index (Phi) is 3.10. The molecule has 0 bridgehead atoms. The summed E-state index contributed by atoms with van der Waals surface area (Å²) < 4.78 is 0. The Morgan fingerprint density at radius 1 is 1.13 bits per heavy atom. The molecule has 0 unspecified atom stereocenters. The molecule has 0 saturated heterocycles. The number of ketones is 1. The third-order valence-electron chi connectivity index (χ3n) is 4.83. The Labute approximate surface area is 134 Å². The Hall–Kier alpha value is -2.46. The van der Waals surface area contributed by atoms with Gasteiger partial charge >= 0.3 is 0 Å². The molecule has 116 valence electrons. The van der Waals surface area contributed by atoms with Crippen molar-refractivity contribution in [3.8, 4) is 0 Å². The number of Topliss-reactive ketones (excluding diaryl/α,β-unsaturated/α-hetero) is 1. The van der Waals surface area contributed by atoms with Crippen LogP contribution < -0.4 is 5.32 Å². The van der Waals surface area contributed by atoms with Crippen LogP contribution in [0.2, 0.25) is 0 Å². The number of hydrogen-bond donors (Lipinski definition) is 2. The maximum Gasteiger partial charge on any atom is 0.261 e. The molecule has 2 N–H and O–H groups in total. The largest absolute Gasteiger partial charge is 0.375 e. The molecular weight excluding hydrogens is 290 g/mol. The predicted octanol–water partition coefficient (Wildman–Crippen LogP) is 2.59. The molecule has 0 radical (unpaired) electrons. The molecule has 0 aromatic heterocycles. The Morgan fingerprint density at radius 2 is 1.91 bits per heavy atom. The second-order valence-electron chi connectivity index (χ2n) is 6.30. The molecule has 4 rings (SSSR count). The van der Waals surface area contributed by atoms with Crippen LogP contribution in [0.3, 0.4) is 0 Å².